The van der Waals surface area contributed by atoms with E-state index in [2.05, 4.69) is 31.2 Å². The highest BCUT2D eigenvalue weighted by molar-refractivity contribution is 5.99. The SMILES string of the molecule is CCNc1nc(C)cc(Nc2ccc(NC(=O)Nc3ccc(OC)cc3)cc2)n1. The van der Waals surface area contributed by atoms with Crippen molar-refractivity contribution < 1.29 is 9.53 Å². The van der Waals surface area contributed by atoms with Crippen molar-refractivity contribution in [1.82, 2.24) is 9.97 Å². The Morgan fingerprint density at radius 3 is 2.10 bits per heavy atom. The number of aryl methyl sites for hydroxylation is 1. The van der Waals surface area contributed by atoms with Crippen LogP contribution in [-0.4, -0.2) is 29.7 Å². The maximum atomic E-state index is 12.2. The zero-order valence-electron chi connectivity index (χ0n) is 16.6. The number of urea groups is 1. The number of carbonyl (C=O) groups is 1. The number of ether oxygens (including phenoxy) is 1. The minimum Gasteiger partial charge on any atom is -0.497 e. The van der Waals surface area contributed by atoms with Crippen molar-refractivity contribution in [3.63, 3.8) is 0 Å². The minimum atomic E-state index is -0.322. The summed E-state index contributed by atoms with van der Waals surface area (Å²) in [6.45, 7) is 4.67. The van der Waals surface area contributed by atoms with Gasteiger partial charge in [0.1, 0.15) is 11.6 Å². The van der Waals surface area contributed by atoms with E-state index < -0.39 is 0 Å². The molecule has 0 unspecified atom stereocenters. The highest BCUT2D eigenvalue weighted by atomic mass is 16.5. The Morgan fingerprint density at radius 2 is 1.52 bits per heavy atom. The van der Waals surface area contributed by atoms with Gasteiger partial charge in [-0.05, 0) is 62.4 Å². The number of rotatable bonds is 7. The van der Waals surface area contributed by atoms with Crippen molar-refractivity contribution in [3.05, 3.63) is 60.3 Å². The van der Waals surface area contributed by atoms with Gasteiger partial charge in [0, 0.05) is 35.4 Å². The van der Waals surface area contributed by atoms with Crippen LogP contribution in [0.1, 0.15) is 12.6 Å². The second-order valence-corrected chi connectivity index (χ2v) is 6.26. The van der Waals surface area contributed by atoms with E-state index in [1.165, 1.54) is 0 Å². The molecular weight excluding hydrogens is 368 g/mol. The molecule has 2 amide bonds. The molecule has 29 heavy (non-hydrogen) atoms. The summed E-state index contributed by atoms with van der Waals surface area (Å²) in [4.78, 5) is 20.9. The molecule has 4 N–H and O–H groups in total. The molecule has 0 saturated heterocycles. The molecule has 2 aromatic carbocycles. The Kier molecular flexibility index (Phi) is 6.47. The van der Waals surface area contributed by atoms with Crippen LogP contribution in [0, 0.1) is 6.92 Å². The Bertz CT molecular complexity index is 958. The molecule has 3 aromatic rings. The minimum absolute atomic E-state index is 0.322. The Morgan fingerprint density at radius 1 is 0.931 bits per heavy atom. The zero-order valence-corrected chi connectivity index (χ0v) is 16.6. The molecule has 0 aliphatic heterocycles. The van der Waals surface area contributed by atoms with Gasteiger partial charge >= 0.3 is 6.03 Å². The lowest BCUT2D eigenvalue weighted by Gasteiger charge is -2.11. The number of aromatic nitrogens is 2. The first-order valence-electron chi connectivity index (χ1n) is 9.24. The second kappa shape index (κ2) is 9.41. The lowest BCUT2D eigenvalue weighted by molar-refractivity contribution is 0.262. The van der Waals surface area contributed by atoms with Crippen molar-refractivity contribution in [3.8, 4) is 5.75 Å². The van der Waals surface area contributed by atoms with Gasteiger partial charge in [0.2, 0.25) is 5.95 Å². The summed E-state index contributed by atoms with van der Waals surface area (Å²) in [7, 11) is 1.60. The number of hydrogen-bond donors (Lipinski definition) is 4. The van der Waals surface area contributed by atoms with E-state index in [0.29, 0.717) is 23.1 Å². The summed E-state index contributed by atoms with van der Waals surface area (Å²) < 4.78 is 5.10. The van der Waals surface area contributed by atoms with Crippen LogP contribution < -0.4 is 26.0 Å². The van der Waals surface area contributed by atoms with Gasteiger partial charge in [0.25, 0.3) is 0 Å². The Balaban J connectivity index is 1.59. The molecule has 1 aromatic heterocycles. The average Bonchev–Trinajstić information content (AvgIpc) is 2.70. The lowest BCUT2D eigenvalue weighted by Crippen LogP contribution is -2.19. The number of amides is 2. The topological polar surface area (TPSA) is 100 Å². The first-order chi connectivity index (χ1) is 14.1. The molecule has 3 rings (SSSR count). The Labute approximate surface area is 169 Å². The standard InChI is InChI=1S/C21H24N6O2/c1-4-22-20-23-14(2)13-19(27-20)24-15-5-7-16(8-6-15)25-21(28)26-17-9-11-18(29-3)12-10-17/h5-13H,4H2,1-3H3,(H2,25,26,28)(H2,22,23,24,27). The Hall–Kier alpha value is -3.81. The largest absolute Gasteiger partial charge is 0.497 e. The van der Waals surface area contributed by atoms with Gasteiger partial charge in [0.15, 0.2) is 0 Å². The fourth-order valence-electron chi connectivity index (χ4n) is 2.62. The number of anilines is 5. The molecule has 150 valence electrons. The molecule has 0 saturated carbocycles. The van der Waals surface area contributed by atoms with Crippen LogP contribution in [0.15, 0.2) is 54.6 Å². The molecule has 0 spiro atoms. The van der Waals surface area contributed by atoms with Crippen molar-refractivity contribution in [1.29, 1.82) is 0 Å². The molecule has 8 nitrogen and oxygen atoms in total. The van der Waals surface area contributed by atoms with E-state index in [4.69, 9.17) is 4.74 Å². The summed E-state index contributed by atoms with van der Waals surface area (Å²) in [6.07, 6.45) is 0. The van der Waals surface area contributed by atoms with Gasteiger partial charge in [-0.15, -0.1) is 0 Å². The number of hydrogen-bond acceptors (Lipinski definition) is 6. The third kappa shape index (κ3) is 5.83. The maximum absolute atomic E-state index is 12.2. The van der Waals surface area contributed by atoms with Crippen LogP contribution in [0.25, 0.3) is 0 Å². The predicted molar refractivity (Wildman–Crippen MR) is 116 cm³/mol. The van der Waals surface area contributed by atoms with Crippen LogP contribution in [0.2, 0.25) is 0 Å². The molecule has 0 bridgehead atoms. The summed E-state index contributed by atoms with van der Waals surface area (Å²) >= 11 is 0. The molecule has 0 aliphatic carbocycles. The van der Waals surface area contributed by atoms with Gasteiger partial charge < -0.3 is 26.0 Å². The third-order valence-electron chi connectivity index (χ3n) is 3.95. The van der Waals surface area contributed by atoms with Crippen LogP contribution in [0.3, 0.4) is 0 Å². The van der Waals surface area contributed by atoms with Gasteiger partial charge in [-0.3, -0.25) is 0 Å². The smallest absolute Gasteiger partial charge is 0.323 e. The number of benzene rings is 2. The summed E-state index contributed by atoms with van der Waals surface area (Å²) in [5.74, 6) is 2.02. The van der Waals surface area contributed by atoms with E-state index in [9.17, 15) is 4.79 Å². The van der Waals surface area contributed by atoms with E-state index in [0.717, 1.165) is 23.7 Å². The van der Waals surface area contributed by atoms with E-state index in [1.807, 2.05) is 44.2 Å². The number of nitrogens with zero attached hydrogens (tertiary/aromatic N) is 2. The van der Waals surface area contributed by atoms with Crippen LogP contribution in [-0.2, 0) is 0 Å². The molecule has 0 aliphatic rings. The fourth-order valence-corrected chi connectivity index (χ4v) is 2.62. The van der Waals surface area contributed by atoms with Crippen molar-refractivity contribution in [2.45, 2.75) is 13.8 Å². The summed E-state index contributed by atoms with van der Waals surface area (Å²) in [5.41, 5.74) is 3.07. The van der Waals surface area contributed by atoms with Crippen LogP contribution in [0.5, 0.6) is 5.75 Å². The average molecular weight is 392 g/mol. The van der Waals surface area contributed by atoms with E-state index >= 15 is 0 Å². The normalized spacial score (nSPS) is 10.2. The van der Waals surface area contributed by atoms with Gasteiger partial charge in [0.05, 0.1) is 7.11 Å². The predicted octanol–water partition coefficient (Wildman–Crippen LogP) is 4.61. The van der Waals surface area contributed by atoms with E-state index in [-0.39, 0.29) is 6.03 Å². The fraction of sp³-hybridized carbons (Fsp3) is 0.190. The van der Waals surface area contributed by atoms with Crippen LogP contribution in [0.4, 0.5) is 33.6 Å². The van der Waals surface area contributed by atoms with Gasteiger partial charge in [-0.2, -0.15) is 4.98 Å². The van der Waals surface area contributed by atoms with E-state index in [1.54, 1.807) is 31.4 Å². The molecule has 8 heteroatoms. The number of nitrogens with one attached hydrogen (secondary N) is 4. The van der Waals surface area contributed by atoms with Crippen molar-refractivity contribution in [2.75, 3.05) is 34.9 Å². The quantitative estimate of drug-likeness (QED) is 0.468. The highest BCUT2D eigenvalue weighted by Gasteiger charge is 2.05. The molecular formula is C21H24N6O2. The number of methoxy groups -OCH3 is 1. The first-order valence-corrected chi connectivity index (χ1v) is 9.24. The molecule has 0 atom stereocenters. The third-order valence-corrected chi connectivity index (χ3v) is 3.95. The molecule has 0 radical (unpaired) electrons. The monoisotopic (exact) mass is 392 g/mol. The second-order valence-electron chi connectivity index (χ2n) is 6.26. The lowest BCUT2D eigenvalue weighted by atomic mass is 10.2. The molecule has 1 heterocycles. The zero-order chi connectivity index (χ0) is 20.6. The summed E-state index contributed by atoms with van der Waals surface area (Å²) in [5, 5.41) is 11.9. The van der Waals surface area contributed by atoms with Gasteiger partial charge in [-0.25, -0.2) is 9.78 Å². The van der Waals surface area contributed by atoms with Gasteiger partial charge in [-0.1, -0.05) is 0 Å². The van der Waals surface area contributed by atoms with Crippen molar-refractivity contribution in [2.24, 2.45) is 0 Å². The van der Waals surface area contributed by atoms with Crippen molar-refractivity contribution >= 4 is 34.9 Å². The first kappa shape index (κ1) is 19.9. The number of carbonyl (C=O) groups excluding carboxylic acids is 1. The van der Waals surface area contributed by atoms with Crippen LogP contribution >= 0.6 is 0 Å². The maximum Gasteiger partial charge on any atom is 0.323 e. The molecule has 0 fully saturated rings. The highest BCUT2D eigenvalue weighted by Crippen LogP contribution is 2.20. The summed E-state index contributed by atoms with van der Waals surface area (Å²) in [6, 6.07) is 16.0.